The fraction of sp³-hybridized carbons (Fsp3) is 0.750. The van der Waals surface area contributed by atoms with Gasteiger partial charge < -0.3 is 10.3 Å². The summed E-state index contributed by atoms with van der Waals surface area (Å²) < 4.78 is 2.45. The number of rotatable bonds is 3. The average Bonchev–Trinajstić information content (AvgIpc) is 2.59. The molecule has 0 saturated heterocycles. The summed E-state index contributed by atoms with van der Waals surface area (Å²) in [5, 5.41) is 0. The SMILES string of the molecule is CCc1nc(CCN)c2n1C(C)CCC2. The number of fused-ring (bicyclic) bond motifs is 1. The maximum atomic E-state index is 5.63. The Labute approximate surface area is 91.7 Å². The summed E-state index contributed by atoms with van der Waals surface area (Å²) in [7, 11) is 0. The highest BCUT2D eigenvalue weighted by Gasteiger charge is 2.22. The Morgan fingerprint density at radius 3 is 3.00 bits per heavy atom. The third kappa shape index (κ3) is 1.81. The van der Waals surface area contributed by atoms with Gasteiger partial charge in [0.1, 0.15) is 5.82 Å². The van der Waals surface area contributed by atoms with E-state index in [-0.39, 0.29) is 0 Å². The predicted molar refractivity (Wildman–Crippen MR) is 62.0 cm³/mol. The molecule has 0 saturated carbocycles. The minimum absolute atomic E-state index is 0.628. The van der Waals surface area contributed by atoms with Crippen LogP contribution in [0.15, 0.2) is 0 Å². The molecule has 1 aliphatic rings. The lowest BCUT2D eigenvalue weighted by Crippen LogP contribution is -2.18. The largest absolute Gasteiger partial charge is 0.330 e. The van der Waals surface area contributed by atoms with Crippen LogP contribution in [0.4, 0.5) is 0 Å². The molecule has 0 spiro atoms. The number of hydrogen-bond acceptors (Lipinski definition) is 2. The molecule has 0 aromatic carbocycles. The van der Waals surface area contributed by atoms with Crippen LogP contribution in [-0.4, -0.2) is 16.1 Å². The normalized spacial score (nSPS) is 20.3. The molecule has 84 valence electrons. The second-order valence-electron chi connectivity index (χ2n) is 4.42. The summed E-state index contributed by atoms with van der Waals surface area (Å²) >= 11 is 0. The van der Waals surface area contributed by atoms with Crippen LogP contribution < -0.4 is 5.73 Å². The Morgan fingerprint density at radius 2 is 2.33 bits per heavy atom. The fourth-order valence-electron chi connectivity index (χ4n) is 2.63. The van der Waals surface area contributed by atoms with Crippen molar-refractivity contribution in [3.8, 4) is 0 Å². The van der Waals surface area contributed by atoms with Crippen molar-refractivity contribution >= 4 is 0 Å². The van der Waals surface area contributed by atoms with Crippen molar-refractivity contribution in [1.82, 2.24) is 9.55 Å². The first-order valence-electron chi connectivity index (χ1n) is 6.06. The van der Waals surface area contributed by atoms with Gasteiger partial charge in [-0.05, 0) is 32.7 Å². The summed E-state index contributed by atoms with van der Waals surface area (Å²) in [5.74, 6) is 1.25. The molecule has 1 atom stereocenters. The Bertz CT molecular complexity index is 341. The van der Waals surface area contributed by atoms with E-state index in [1.807, 2.05) is 0 Å². The van der Waals surface area contributed by atoms with Crippen LogP contribution in [-0.2, 0) is 19.3 Å². The monoisotopic (exact) mass is 207 g/mol. The molecule has 1 unspecified atom stereocenters. The van der Waals surface area contributed by atoms with Crippen molar-refractivity contribution in [3.63, 3.8) is 0 Å². The van der Waals surface area contributed by atoms with Crippen LogP contribution in [0.1, 0.15) is 49.9 Å². The van der Waals surface area contributed by atoms with Gasteiger partial charge in [-0.2, -0.15) is 0 Å². The first-order valence-corrected chi connectivity index (χ1v) is 6.06. The Hall–Kier alpha value is -0.830. The smallest absolute Gasteiger partial charge is 0.109 e. The zero-order valence-electron chi connectivity index (χ0n) is 9.79. The molecular formula is C12H21N3. The van der Waals surface area contributed by atoms with E-state index < -0.39 is 0 Å². The summed E-state index contributed by atoms with van der Waals surface area (Å²) in [5.41, 5.74) is 8.34. The average molecular weight is 207 g/mol. The van der Waals surface area contributed by atoms with E-state index in [0.717, 1.165) is 12.8 Å². The van der Waals surface area contributed by atoms with E-state index in [0.29, 0.717) is 12.6 Å². The zero-order valence-corrected chi connectivity index (χ0v) is 9.79. The molecule has 1 aromatic heterocycles. The van der Waals surface area contributed by atoms with E-state index >= 15 is 0 Å². The third-order valence-electron chi connectivity index (χ3n) is 3.34. The van der Waals surface area contributed by atoms with Crippen LogP contribution in [0.2, 0.25) is 0 Å². The highest BCUT2D eigenvalue weighted by molar-refractivity contribution is 5.21. The molecule has 0 amide bonds. The van der Waals surface area contributed by atoms with Crippen molar-refractivity contribution in [1.29, 1.82) is 0 Å². The van der Waals surface area contributed by atoms with E-state index in [1.54, 1.807) is 0 Å². The maximum absolute atomic E-state index is 5.63. The first-order chi connectivity index (χ1) is 7.27. The van der Waals surface area contributed by atoms with Crippen molar-refractivity contribution < 1.29 is 0 Å². The molecule has 0 aliphatic carbocycles. The molecular weight excluding hydrogens is 186 g/mol. The number of hydrogen-bond donors (Lipinski definition) is 1. The molecule has 2 heterocycles. The van der Waals surface area contributed by atoms with Crippen molar-refractivity contribution in [2.45, 2.75) is 52.0 Å². The van der Waals surface area contributed by atoms with Gasteiger partial charge in [0.25, 0.3) is 0 Å². The standard InChI is InChI=1S/C12H21N3/c1-3-12-14-10(7-8-13)11-6-4-5-9(2)15(11)12/h9H,3-8,13H2,1-2H3. The number of aryl methyl sites for hydroxylation is 1. The number of nitrogens with zero attached hydrogens (tertiary/aromatic N) is 2. The molecule has 0 fully saturated rings. The highest BCUT2D eigenvalue weighted by atomic mass is 15.1. The fourth-order valence-corrected chi connectivity index (χ4v) is 2.63. The van der Waals surface area contributed by atoms with Crippen LogP contribution in [0.25, 0.3) is 0 Å². The van der Waals surface area contributed by atoms with Gasteiger partial charge in [0.05, 0.1) is 5.69 Å². The molecule has 2 N–H and O–H groups in total. The molecule has 15 heavy (non-hydrogen) atoms. The van der Waals surface area contributed by atoms with E-state index in [9.17, 15) is 0 Å². The zero-order chi connectivity index (χ0) is 10.8. The van der Waals surface area contributed by atoms with Crippen LogP contribution >= 0.6 is 0 Å². The maximum Gasteiger partial charge on any atom is 0.109 e. The Balaban J connectivity index is 2.42. The molecule has 1 aromatic rings. The molecule has 3 nitrogen and oxygen atoms in total. The summed E-state index contributed by atoms with van der Waals surface area (Å²) in [4.78, 5) is 4.73. The van der Waals surface area contributed by atoms with Crippen molar-refractivity contribution in [2.75, 3.05) is 6.54 Å². The van der Waals surface area contributed by atoms with Gasteiger partial charge in [0.2, 0.25) is 0 Å². The highest BCUT2D eigenvalue weighted by Crippen LogP contribution is 2.28. The molecule has 3 heteroatoms. The van der Waals surface area contributed by atoms with Gasteiger partial charge in [-0.25, -0.2) is 4.98 Å². The summed E-state index contributed by atoms with van der Waals surface area (Å²) in [6, 6.07) is 0.628. The number of nitrogens with two attached hydrogens (primary N) is 1. The quantitative estimate of drug-likeness (QED) is 0.822. The topological polar surface area (TPSA) is 43.8 Å². The second-order valence-corrected chi connectivity index (χ2v) is 4.42. The number of aromatic nitrogens is 2. The van der Waals surface area contributed by atoms with E-state index in [1.165, 1.54) is 36.5 Å². The predicted octanol–water partition coefficient (Wildman–Crippen LogP) is 1.84. The van der Waals surface area contributed by atoms with Crippen LogP contribution in [0.3, 0.4) is 0 Å². The molecule has 1 aliphatic heterocycles. The molecule has 2 rings (SSSR count). The minimum Gasteiger partial charge on any atom is -0.330 e. The second kappa shape index (κ2) is 4.35. The lowest BCUT2D eigenvalue weighted by Gasteiger charge is -2.24. The van der Waals surface area contributed by atoms with Gasteiger partial charge in [-0.3, -0.25) is 0 Å². The number of imidazole rings is 1. The summed E-state index contributed by atoms with van der Waals surface area (Å²) in [6.07, 6.45) is 5.74. The lowest BCUT2D eigenvalue weighted by atomic mass is 10.0. The van der Waals surface area contributed by atoms with Crippen LogP contribution in [0, 0.1) is 0 Å². The lowest BCUT2D eigenvalue weighted by molar-refractivity contribution is 0.418. The minimum atomic E-state index is 0.628. The molecule has 0 bridgehead atoms. The van der Waals surface area contributed by atoms with Gasteiger partial charge in [-0.1, -0.05) is 6.92 Å². The van der Waals surface area contributed by atoms with E-state index in [2.05, 4.69) is 18.4 Å². The Morgan fingerprint density at radius 1 is 1.53 bits per heavy atom. The van der Waals surface area contributed by atoms with Gasteiger partial charge in [0.15, 0.2) is 0 Å². The van der Waals surface area contributed by atoms with Crippen LogP contribution in [0.5, 0.6) is 0 Å². The summed E-state index contributed by atoms with van der Waals surface area (Å²) in [6.45, 7) is 5.19. The first kappa shape index (κ1) is 10.7. The van der Waals surface area contributed by atoms with Gasteiger partial charge in [-0.15, -0.1) is 0 Å². The van der Waals surface area contributed by atoms with Gasteiger partial charge >= 0.3 is 0 Å². The van der Waals surface area contributed by atoms with Crippen molar-refractivity contribution in [2.24, 2.45) is 5.73 Å². The molecule has 0 radical (unpaired) electrons. The van der Waals surface area contributed by atoms with Crippen molar-refractivity contribution in [3.05, 3.63) is 17.2 Å². The third-order valence-corrected chi connectivity index (χ3v) is 3.34. The Kier molecular flexibility index (Phi) is 3.10. The van der Waals surface area contributed by atoms with E-state index in [4.69, 9.17) is 10.7 Å². The van der Waals surface area contributed by atoms with Gasteiger partial charge in [0, 0.05) is 24.6 Å².